The van der Waals surface area contributed by atoms with Crippen molar-refractivity contribution in [3.05, 3.63) is 0 Å². The monoisotopic (exact) mass is 214 g/mol. The second-order valence-electron chi connectivity index (χ2n) is 4.29. The number of nitrogens with two attached hydrogens (primary N) is 1. The predicted molar refractivity (Wildman–Crippen MR) is 59.4 cm³/mol. The molecule has 0 unspecified atom stereocenters. The van der Waals surface area contributed by atoms with Gasteiger partial charge >= 0.3 is 0 Å². The first-order valence-electron chi connectivity index (χ1n) is 5.80. The Morgan fingerprint density at radius 1 is 1.67 bits per heavy atom. The van der Waals surface area contributed by atoms with Crippen molar-refractivity contribution >= 4 is 5.91 Å². The first-order valence-corrected chi connectivity index (χ1v) is 5.80. The quantitative estimate of drug-likeness (QED) is 0.706. The topological polar surface area (TPSA) is 64.4 Å². The molecule has 4 nitrogen and oxygen atoms in total. The molecule has 1 saturated heterocycles. The fraction of sp³-hybridized carbons (Fsp3) is 0.909. The van der Waals surface area contributed by atoms with Gasteiger partial charge in [-0.25, -0.2) is 0 Å². The molecule has 1 aliphatic heterocycles. The van der Waals surface area contributed by atoms with E-state index >= 15 is 0 Å². The molecule has 88 valence electrons. The maximum absolute atomic E-state index is 11.6. The van der Waals surface area contributed by atoms with Crippen molar-refractivity contribution in [2.24, 2.45) is 11.7 Å². The van der Waals surface area contributed by atoms with E-state index in [1.54, 1.807) is 0 Å². The van der Waals surface area contributed by atoms with Crippen LogP contribution in [0.4, 0.5) is 0 Å². The molecular formula is C11H22N2O2. The summed E-state index contributed by atoms with van der Waals surface area (Å²) < 4.78 is 5.41. The summed E-state index contributed by atoms with van der Waals surface area (Å²) in [5, 5.41) is 2.85. The third-order valence-electron chi connectivity index (χ3n) is 3.09. The normalized spacial score (nSPS) is 24.9. The van der Waals surface area contributed by atoms with Crippen molar-refractivity contribution in [2.75, 3.05) is 13.2 Å². The predicted octanol–water partition coefficient (Wildman–Crippen LogP) is 0.655. The standard InChI is InChI=1S/C11H22N2O2/c1-3-8(2)10(12)11(14)13-7-9-5-4-6-15-9/h8-10H,3-7,12H2,1-2H3,(H,13,14)/t8-,9+,10+/m1/s1. The molecule has 1 heterocycles. The minimum absolute atomic E-state index is 0.0557. The van der Waals surface area contributed by atoms with Crippen molar-refractivity contribution in [1.82, 2.24) is 5.32 Å². The van der Waals surface area contributed by atoms with Crippen molar-refractivity contribution in [1.29, 1.82) is 0 Å². The van der Waals surface area contributed by atoms with E-state index in [-0.39, 0.29) is 17.9 Å². The van der Waals surface area contributed by atoms with Crippen LogP contribution >= 0.6 is 0 Å². The second-order valence-corrected chi connectivity index (χ2v) is 4.29. The highest BCUT2D eigenvalue weighted by Crippen LogP contribution is 2.11. The first-order chi connectivity index (χ1) is 7.15. The highest BCUT2D eigenvalue weighted by atomic mass is 16.5. The van der Waals surface area contributed by atoms with Gasteiger partial charge in [-0.2, -0.15) is 0 Å². The molecule has 0 aromatic carbocycles. The van der Waals surface area contributed by atoms with E-state index in [2.05, 4.69) is 5.32 Å². The van der Waals surface area contributed by atoms with E-state index < -0.39 is 6.04 Å². The van der Waals surface area contributed by atoms with Crippen molar-refractivity contribution in [2.45, 2.75) is 45.3 Å². The van der Waals surface area contributed by atoms with Gasteiger partial charge in [0.25, 0.3) is 0 Å². The van der Waals surface area contributed by atoms with E-state index in [1.807, 2.05) is 13.8 Å². The van der Waals surface area contributed by atoms with Gasteiger partial charge in [-0.15, -0.1) is 0 Å². The van der Waals surface area contributed by atoms with Crippen LogP contribution in [0, 0.1) is 5.92 Å². The first kappa shape index (κ1) is 12.5. The highest BCUT2D eigenvalue weighted by Gasteiger charge is 2.21. The number of ether oxygens (including phenoxy) is 1. The molecule has 0 aliphatic carbocycles. The lowest BCUT2D eigenvalue weighted by atomic mass is 9.99. The molecule has 3 N–H and O–H groups in total. The van der Waals surface area contributed by atoms with Crippen LogP contribution in [0.2, 0.25) is 0 Å². The van der Waals surface area contributed by atoms with Crippen LogP contribution in [-0.4, -0.2) is 31.2 Å². The Bertz CT molecular complexity index is 203. The van der Waals surface area contributed by atoms with Gasteiger partial charge in [-0.3, -0.25) is 4.79 Å². The van der Waals surface area contributed by atoms with Crippen molar-refractivity contribution < 1.29 is 9.53 Å². The summed E-state index contributed by atoms with van der Waals surface area (Å²) in [6.45, 7) is 5.45. The highest BCUT2D eigenvalue weighted by molar-refractivity contribution is 5.81. The Balaban J connectivity index is 2.22. The summed E-state index contributed by atoms with van der Waals surface area (Å²) in [5.41, 5.74) is 5.80. The van der Waals surface area contributed by atoms with E-state index in [9.17, 15) is 4.79 Å². The lowest BCUT2D eigenvalue weighted by molar-refractivity contribution is -0.123. The van der Waals surface area contributed by atoms with E-state index in [1.165, 1.54) is 0 Å². The zero-order valence-corrected chi connectivity index (χ0v) is 9.66. The molecule has 0 aromatic heterocycles. The smallest absolute Gasteiger partial charge is 0.237 e. The number of carbonyl (C=O) groups excluding carboxylic acids is 1. The second kappa shape index (κ2) is 6.08. The number of amides is 1. The lowest BCUT2D eigenvalue weighted by Crippen LogP contribution is -2.46. The number of hydrogen-bond acceptors (Lipinski definition) is 3. The number of hydrogen-bond donors (Lipinski definition) is 2. The average molecular weight is 214 g/mol. The Hall–Kier alpha value is -0.610. The van der Waals surface area contributed by atoms with Gasteiger partial charge in [0.05, 0.1) is 12.1 Å². The van der Waals surface area contributed by atoms with Gasteiger partial charge in [0.1, 0.15) is 0 Å². The summed E-state index contributed by atoms with van der Waals surface area (Å²) >= 11 is 0. The Kier molecular flexibility index (Phi) is 5.05. The SMILES string of the molecule is CC[C@@H](C)[C@H](N)C(=O)NC[C@@H]1CCCO1. The molecular weight excluding hydrogens is 192 g/mol. The minimum atomic E-state index is -0.392. The third kappa shape index (κ3) is 3.80. The maximum atomic E-state index is 11.6. The zero-order valence-electron chi connectivity index (χ0n) is 9.66. The van der Waals surface area contributed by atoms with Crippen LogP contribution in [0.15, 0.2) is 0 Å². The van der Waals surface area contributed by atoms with Gasteiger partial charge in [0.15, 0.2) is 0 Å². The van der Waals surface area contributed by atoms with Crippen LogP contribution in [0.1, 0.15) is 33.1 Å². The molecule has 1 aliphatic rings. The summed E-state index contributed by atoms with van der Waals surface area (Å²) in [6, 6.07) is -0.392. The van der Waals surface area contributed by atoms with Gasteiger partial charge < -0.3 is 15.8 Å². The molecule has 0 aromatic rings. The Morgan fingerprint density at radius 2 is 2.40 bits per heavy atom. The molecule has 0 radical (unpaired) electrons. The van der Waals surface area contributed by atoms with Crippen LogP contribution < -0.4 is 11.1 Å². The number of carbonyl (C=O) groups is 1. The summed E-state index contributed by atoms with van der Waals surface area (Å²) in [6.07, 6.45) is 3.25. The summed E-state index contributed by atoms with van der Waals surface area (Å²) in [4.78, 5) is 11.6. The van der Waals surface area contributed by atoms with Crippen LogP contribution in [-0.2, 0) is 9.53 Å². The van der Waals surface area contributed by atoms with Crippen LogP contribution in [0.5, 0.6) is 0 Å². The van der Waals surface area contributed by atoms with Crippen molar-refractivity contribution in [3.8, 4) is 0 Å². The van der Waals surface area contributed by atoms with Gasteiger partial charge in [0, 0.05) is 13.2 Å². The van der Waals surface area contributed by atoms with Gasteiger partial charge in [0.2, 0.25) is 5.91 Å². The fourth-order valence-electron chi connectivity index (χ4n) is 1.65. The largest absolute Gasteiger partial charge is 0.376 e. The number of rotatable bonds is 5. The number of nitrogens with one attached hydrogen (secondary N) is 1. The van der Waals surface area contributed by atoms with Gasteiger partial charge in [-0.1, -0.05) is 20.3 Å². The Labute approximate surface area is 91.5 Å². The van der Waals surface area contributed by atoms with E-state index in [4.69, 9.17) is 10.5 Å². The Morgan fingerprint density at radius 3 is 2.93 bits per heavy atom. The molecule has 3 atom stereocenters. The molecule has 1 rings (SSSR count). The van der Waals surface area contributed by atoms with E-state index in [0.717, 1.165) is 25.9 Å². The maximum Gasteiger partial charge on any atom is 0.237 e. The average Bonchev–Trinajstić information content (AvgIpc) is 2.76. The molecule has 0 spiro atoms. The summed E-state index contributed by atoms with van der Waals surface area (Å²) in [7, 11) is 0. The van der Waals surface area contributed by atoms with Crippen LogP contribution in [0.3, 0.4) is 0 Å². The fourth-order valence-corrected chi connectivity index (χ4v) is 1.65. The molecule has 15 heavy (non-hydrogen) atoms. The molecule has 1 amide bonds. The molecule has 4 heteroatoms. The zero-order chi connectivity index (χ0) is 11.3. The molecule has 0 bridgehead atoms. The lowest BCUT2D eigenvalue weighted by Gasteiger charge is -2.19. The van der Waals surface area contributed by atoms with E-state index in [0.29, 0.717) is 6.54 Å². The van der Waals surface area contributed by atoms with Gasteiger partial charge in [-0.05, 0) is 18.8 Å². The third-order valence-corrected chi connectivity index (χ3v) is 3.09. The van der Waals surface area contributed by atoms with Crippen LogP contribution in [0.25, 0.3) is 0 Å². The summed E-state index contributed by atoms with van der Waals surface area (Å²) in [5.74, 6) is 0.175. The molecule has 1 fully saturated rings. The van der Waals surface area contributed by atoms with Crippen molar-refractivity contribution in [3.63, 3.8) is 0 Å². The molecule has 0 saturated carbocycles. The minimum Gasteiger partial charge on any atom is -0.376 e.